The van der Waals surface area contributed by atoms with Gasteiger partial charge in [0, 0.05) is 22.4 Å². The monoisotopic (exact) mass is 242 g/mol. The van der Waals surface area contributed by atoms with Gasteiger partial charge in [-0.2, -0.15) is 0 Å². The standard InChI is InChI=1S/C15H14O3/c1-7-8(2)15(16)18-14-6-13-12(5-11(7)14)9(3)10(4)17-13/h5-6H,1-4H3. The molecule has 18 heavy (non-hydrogen) atoms. The van der Waals surface area contributed by atoms with Crippen molar-refractivity contribution in [1.29, 1.82) is 0 Å². The summed E-state index contributed by atoms with van der Waals surface area (Å²) in [5, 5.41) is 2.06. The molecule has 0 N–H and O–H groups in total. The summed E-state index contributed by atoms with van der Waals surface area (Å²) in [5.74, 6) is 0.900. The molecule has 3 heteroatoms. The molecule has 3 aromatic rings. The molecular weight excluding hydrogens is 228 g/mol. The number of rotatable bonds is 0. The molecule has 0 fully saturated rings. The molecule has 0 atom stereocenters. The quantitative estimate of drug-likeness (QED) is 0.563. The first-order chi connectivity index (χ1) is 8.49. The van der Waals surface area contributed by atoms with E-state index in [1.165, 1.54) is 0 Å². The van der Waals surface area contributed by atoms with Gasteiger partial charge < -0.3 is 8.83 Å². The van der Waals surface area contributed by atoms with Gasteiger partial charge >= 0.3 is 5.63 Å². The molecule has 0 aliphatic carbocycles. The molecular formula is C15H14O3. The summed E-state index contributed by atoms with van der Waals surface area (Å²) < 4.78 is 11.0. The minimum Gasteiger partial charge on any atom is -0.461 e. The maximum absolute atomic E-state index is 11.7. The first-order valence-electron chi connectivity index (χ1n) is 5.93. The molecule has 0 amide bonds. The van der Waals surface area contributed by atoms with Crippen LogP contribution in [0, 0.1) is 27.7 Å². The van der Waals surface area contributed by atoms with Crippen molar-refractivity contribution < 1.29 is 8.83 Å². The summed E-state index contributed by atoms with van der Waals surface area (Å²) in [4.78, 5) is 11.7. The van der Waals surface area contributed by atoms with E-state index >= 15 is 0 Å². The second kappa shape index (κ2) is 3.48. The molecule has 0 spiro atoms. The molecule has 0 bridgehead atoms. The maximum atomic E-state index is 11.7. The molecule has 2 heterocycles. The minimum absolute atomic E-state index is 0.278. The summed E-state index contributed by atoms with van der Waals surface area (Å²) in [6.45, 7) is 7.71. The lowest BCUT2D eigenvalue weighted by Gasteiger charge is -2.03. The Bertz CT molecular complexity index is 834. The molecule has 0 aliphatic rings. The van der Waals surface area contributed by atoms with Crippen LogP contribution in [-0.4, -0.2) is 0 Å². The molecule has 3 rings (SSSR count). The van der Waals surface area contributed by atoms with Crippen LogP contribution >= 0.6 is 0 Å². The van der Waals surface area contributed by atoms with Gasteiger partial charge in [0.05, 0.1) is 0 Å². The third-order valence-corrected chi connectivity index (χ3v) is 3.75. The van der Waals surface area contributed by atoms with Crippen LogP contribution in [0.2, 0.25) is 0 Å². The van der Waals surface area contributed by atoms with E-state index < -0.39 is 0 Å². The van der Waals surface area contributed by atoms with E-state index in [0.717, 1.165) is 33.2 Å². The first kappa shape index (κ1) is 11.1. The SMILES string of the molecule is Cc1oc2cc3oc(=O)c(C)c(C)c3cc2c1C. The van der Waals surface area contributed by atoms with E-state index in [2.05, 4.69) is 0 Å². The van der Waals surface area contributed by atoms with Crippen molar-refractivity contribution in [3.05, 3.63) is 45.0 Å². The summed E-state index contributed by atoms with van der Waals surface area (Å²) in [7, 11) is 0. The predicted molar refractivity (Wildman–Crippen MR) is 71.2 cm³/mol. The average molecular weight is 242 g/mol. The fourth-order valence-electron chi connectivity index (χ4n) is 2.28. The smallest absolute Gasteiger partial charge is 0.339 e. The zero-order valence-corrected chi connectivity index (χ0v) is 10.9. The van der Waals surface area contributed by atoms with Crippen molar-refractivity contribution in [2.24, 2.45) is 0 Å². The van der Waals surface area contributed by atoms with Crippen molar-refractivity contribution >= 4 is 21.9 Å². The fourth-order valence-corrected chi connectivity index (χ4v) is 2.28. The maximum Gasteiger partial charge on any atom is 0.339 e. The molecule has 0 aliphatic heterocycles. The molecule has 2 aromatic heterocycles. The lowest BCUT2D eigenvalue weighted by Crippen LogP contribution is -2.05. The van der Waals surface area contributed by atoms with Crippen LogP contribution < -0.4 is 5.63 Å². The Kier molecular flexibility index (Phi) is 2.14. The van der Waals surface area contributed by atoms with Crippen molar-refractivity contribution in [1.82, 2.24) is 0 Å². The van der Waals surface area contributed by atoms with Crippen LogP contribution in [0.25, 0.3) is 21.9 Å². The summed E-state index contributed by atoms with van der Waals surface area (Å²) >= 11 is 0. The molecule has 1 aromatic carbocycles. The summed E-state index contributed by atoms with van der Waals surface area (Å²) in [6.07, 6.45) is 0. The van der Waals surface area contributed by atoms with Gasteiger partial charge in [-0.25, -0.2) is 4.79 Å². The lowest BCUT2D eigenvalue weighted by molar-refractivity contribution is 0.549. The van der Waals surface area contributed by atoms with Crippen LogP contribution in [0.4, 0.5) is 0 Å². The van der Waals surface area contributed by atoms with Crippen LogP contribution in [0.3, 0.4) is 0 Å². The highest BCUT2D eigenvalue weighted by Crippen LogP contribution is 2.30. The number of benzene rings is 1. The number of aryl methyl sites for hydroxylation is 3. The van der Waals surface area contributed by atoms with E-state index in [9.17, 15) is 4.79 Å². The zero-order valence-electron chi connectivity index (χ0n) is 10.9. The Morgan fingerprint density at radius 3 is 2.11 bits per heavy atom. The second-order valence-corrected chi connectivity index (χ2v) is 4.77. The molecule has 0 radical (unpaired) electrons. The van der Waals surface area contributed by atoms with Crippen LogP contribution in [0.5, 0.6) is 0 Å². The largest absolute Gasteiger partial charge is 0.461 e. The Morgan fingerprint density at radius 2 is 1.39 bits per heavy atom. The van der Waals surface area contributed by atoms with Crippen molar-refractivity contribution in [3.8, 4) is 0 Å². The van der Waals surface area contributed by atoms with Gasteiger partial charge in [-0.15, -0.1) is 0 Å². The third-order valence-electron chi connectivity index (χ3n) is 3.75. The average Bonchev–Trinajstić information content (AvgIpc) is 2.60. The Labute approximate surface area is 104 Å². The predicted octanol–water partition coefficient (Wildman–Crippen LogP) is 3.77. The van der Waals surface area contributed by atoms with Crippen molar-refractivity contribution in [2.45, 2.75) is 27.7 Å². The number of hydrogen-bond donors (Lipinski definition) is 0. The van der Waals surface area contributed by atoms with E-state index in [4.69, 9.17) is 8.83 Å². The normalized spacial score (nSPS) is 11.6. The van der Waals surface area contributed by atoms with Crippen molar-refractivity contribution in [2.75, 3.05) is 0 Å². The van der Waals surface area contributed by atoms with E-state index in [0.29, 0.717) is 11.1 Å². The highest BCUT2D eigenvalue weighted by atomic mass is 16.4. The van der Waals surface area contributed by atoms with Gasteiger partial charge in [0.25, 0.3) is 0 Å². The fraction of sp³-hybridized carbons (Fsp3) is 0.267. The van der Waals surface area contributed by atoms with Crippen molar-refractivity contribution in [3.63, 3.8) is 0 Å². The minimum atomic E-state index is -0.278. The second-order valence-electron chi connectivity index (χ2n) is 4.77. The number of furan rings is 1. The Hall–Kier alpha value is -2.03. The molecule has 92 valence electrons. The highest BCUT2D eigenvalue weighted by Gasteiger charge is 2.13. The number of fused-ring (bicyclic) bond motifs is 2. The van der Waals surface area contributed by atoms with E-state index in [1.807, 2.05) is 26.8 Å². The Morgan fingerprint density at radius 1 is 0.778 bits per heavy atom. The van der Waals surface area contributed by atoms with Gasteiger partial charge in [-0.05, 0) is 44.9 Å². The van der Waals surface area contributed by atoms with Gasteiger partial charge in [-0.3, -0.25) is 0 Å². The Balaban J connectivity index is 2.57. The molecule has 0 saturated carbocycles. The van der Waals surface area contributed by atoms with Gasteiger partial charge in [-0.1, -0.05) is 0 Å². The van der Waals surface area contributed by atoms with Gasteiger partial charge in [0.2, 0.25) is 0 Å². The topological polar surface area (TPSA) is 43.4 Å². The summed E-state index contributed by atoms with van der Waals surface area (Å²) in [5.41, 5.74) is 3.85. The molecule has 0 saturated heterocycles. The van der Waals surface area contributed by atoms with E-state index in [1.54, 1.807) is 13.0 Å². The molecule has 0 unspecified atom stereocenters. The zero-order chi connectivity index (χ0) is 13.0. The van der Waals surface area contributed by atoms with Gasteiger partial charge in [0.1, 0.15) is 16.9 Å². The lowest BCUT2D eigenvalue weighted by atomic mass is 10.0. The van der Waals surface area contributed by atoms with Gasteiger partial charge in [0.15, 0.2) is 0 Å². The van der Waals surface area contributed by atoms with Crippen LogP contribution in [-0.2, 0) is 0 Å². The van der Waals surface area contributed by atoms with E-state index in [-0.39, 0.29) is 5.63 Å². The third kappa shape index (κ3) is 1.33. The van der Waals surface area contributed by atoms with Crippen LogP contribution in [0.15, 0.2) is 25.8 Å². The highest BCUT2D eigenvalue weighted by molar-refractivity contribution is 5.96. The van der Waals surface area contributed by atoms with Crippen LogP contribution in [0.1, 0.15) is 22.5 Å². The molecule has 3 nitrogen and oxygen atoms in total. The summed E-state index contributed by atoms with van der Waals surface area (Å²) in [6, 6.07) is 3.85. The first-order valence-corrected chi connectivity index (χ1v) is 5.93. The number of hydrogen-bond acceptors (Lipinski definition) is 3.